The predicted molar refractivity (Wildman–Crippen MR) is 78.5 cm³/mol. The van der Waals surface area contributed by atoms with E-state index in [1.807, 2.05) is 51.1 Å². The Morgan fingerprint density at radius 2 is 1.94 bits per heavy atom. The third-order valence-electron chi connectivity index (χ3n) is 3.01. The van der Waals surface area contributed by atoms with E-state index in [9.17, 15) is 5.11 Å². The van der Waals surface area contributed by atoms with Gasteiger partial charge in [0, 0.05) is 21.2 Å². The van der Waals surface area contributed by atoms with Crippen molar-refractivity contribution in [2.45, 2.75) is 32.8 Å². The standard InChI is InChI=1S/C15H17ClOS/c1-10-4-6-12(13(16)8-10)9-15(3,17)14-7-5-11(2)18-14/h4-8,17H,9H2,1-3H3. The molecule has 1 aromatic carbocycles. The van der Waals surface area contributed by atoms with Gasteiger partial charge in [0.15, 0.2) is 0 Å². The molecule has 0 aliphatic heterocycles. The second-order valence-electron chi connectivity index (χ2n) is 4.96. The van der Waals surface area contributed by atoms with Crippen molar-refractivity contribution >= 4 is 22.9 Å². The van der Waals surface area contributed by atoms with E-state index < -0.39 is 5.60 Å². The number of hydrogen-bond donors (Lipinski definition) is 1. The van der Waals surface area contributed by atoms with Gasteiger partial charge < -0.3 is 5.11 Å². The fraction of sp³-hybridized carbons (Fsp3) is 0.333. The first-order valence-corrected chi connectivity index (χ1v) is 7.12. The SMILES string of the molecule is Cc1ccc(CC(C)(O)c2ccc(C)s2)c(Cl)c1. The Balaban J connectivity index is 2.27. The van der Waals surface area contributed by atoms with Crippen molar-refractivity contribution in [3.8, 4) is 0 Å². The monoisotopic (exact) mass is 280 g/mol. The number of hydrogen-bond acceptors (Lipinski definition) is 2. The lowest BCUT2D eigenvalue weighted by Crippen LogP contribution is -2.23. The van der Waals surface area contributed by atoms with Gasteiger partial charge in [-0.3, -0.25) is 0 Å². The molecule has 1 N–H and O–H groups in total. The number of benzene rings is 1. The van der Waals surface area contributed by atoms with Crippen LogP contribution in [-0.4, -0.2) is 5.11 Å². The Morgan fingerprint density at radius 3 is 2.50 bits per heavy atom. The highest BCUT2D eigenvalue weighted by Gasteiger charge is 2.26. The molecule has 1 unspecified atom stereocenters. The lowest BCUT2D eigenvalue weighted by atomic mass is 9.94. The molecule has 96 valence electrons. The molecule has 0 bridgehead atoms. The summed E-state index contributed by atoms with van der Waals surface area (Å²) in [4.78, 5) is 2.19. The average molecular weight is 281 g/mol. The van der Waals surface area contributed by atoms with E-state index in [2.05, 4.69) is 0 Å². The maximum atomic E-state index is 10.6. The summed E-state index contributed by atoms with van der Waals surface area (Å²) in [5.74, 6) is 0. The quantitative estimate of drug-likeness (QED) is 0.879. The van der Waals surface area contributed by atoms with Gasteiger partial charge in [0.2, 0.25) is 0 Å². The normalized spacial score (nSPS) is 14.5. The second-order valence-corrected chi connectivity index (χ2v) is 6.65. The third-order valence-corrected chi connectivity index (χ3v) is 4.62. The van der Waals surface area contributed by atoms with Crippen LogP contribution in [0.25, 0.3) is 0 Å². The van der Waals surface area contributed by atoms with Crippen molar-refractivity contribution < 1.29 is 5.11 Å². The summed E-state index contributed by atoms with van der Waals surface area (Å²) < 4.78 is 0. The summed E-state index contributed by atoms with van der Waals surface area (Å²) in [6.45, 7) is 5.90. The molecule has 0 fully saturated rings. The van der Waals surface area contributed by atoms with Gasteiger partial charge in [-0.1, -0.05) is 23.7 Å². The number of aryl methyl sites for hydroxylation is 2. The van der Waals surface area contributed by atoms with Gasteiger partial charge in [-0.2, -0.15) is 0 Å². The van der Waals surface area contributed by atoms with Gasteiger partial charge in [0.25, 0.3) is 0 Å². The Labute approximate surface area is 117 Å². The van der Waals surface area contributed by atoms with Crippen molar-refractivity contribution in [1.82, 2.24) is 0 Å². The average Bonchev–Trinajstić information content (AvgIpc) is 2.70. The van der Waals surface area contributed by atoms with Crippen molar-refractivity contribution in [3.05, 3.63) is 56.2 Å². The molecule has 0 saturated heterocycles. The second kappa shape index (κ2) is 5.04. The summed E-state index contributed by atoms with van der Waals surface area (Å²) in [6, 6.07) is 9.98. The van der Waals surface area contributed by atoms with Crippen LogP contribution in [0.3, 0.4) is 0 Å². The van der Waals surface area contributed by atoms with Crippen LogP contribution in [0.1, 0.15) is 27.8 Å². The first-order valence-electron chi connectivity index (χ1n) is 5.93. The summed E-state index contributed by atoms with van der Waals surface area (Å²) in [5, 5.41) is 11.3. The van der Waals surface area contributed by atoms with E-state index in [0.717, 1.165) is 21.0 Å². The minimum Gasteiger partial charge on any atom is -0.384 e. The first-order chi connectivity index (χ1) is 8.38. The van der Waals surface area contributed by atoms with Crippen LogP contribution in [0, 0.1) is 13.8 Å². The number of aliphatic hydroxyl groups is 1. The number of halogens is 1. The Bertz CT molecular complexity index is 557. The van der Waals surface area contributed by atoms with Crippen LogP contribution >= 0.6 is 22.9 Å². The van der Waals surface area contributed by atoms with E-state index in [4.69, 9.17) is 11.6 Å². The Hall–Kier alpha value is -0.830. The molecule has 1 heterocycles. The molecule has 0 aliphatic rings. The third kappa shape index (κ3) is 2.94. The van der Waals surface area contributed by atoms with Crippen molar-refractivity contribution in [3.63, 3.8) is 0 Å². The molecular weight excluding hydrogens is 264 g/mol. The van der Waals surface area contributed by atoms with E-state index in [1.54, 1.807) is 11.3 Å². The largest absolute Gasteiger partial charge is 0.384 e. The molecule has 2 rings (SSSR count). The highest BCUT2D eigenvalue weighted by Crippen LogP contribution is 2.33. The maximum Gasteiger partial charge on any atom is 0.100 e. The molecule has 0 aliphatic carbocycles. The molecule has 0 radical (unpaired) electrons. The minimum atomic E-state index is -0.863. The molecular formula is C15H17ClOS. The van der Waals surface area contributed by atoms with Gasteiger partial charge in [-0.25, -0.2) is 0 Å². The molecule has 0 saturated carbocycles. The lowest BCUT2D eigenvalue weighted by Gasteiger charge is -2.22. The topological polar surface area (TPSA) is 20.2 Å². The molecule has 2 aromatic rings. The molecule has 1 nitrogen and oxygen atoms in total. The smallest absolute Gasteiger partial charge is 0.100 e. The van der Waals surface area contributed by atoms with Crippen LogP contribution in [0.5, 0.6) is 0 Å². The van der Waals surface area contributed by atoms with Gasteiger partial charge in [-0.15, -0.1) is 11.3 Å². The van der Waals surface area contributed by atoms with Crippen LogP contribution in [-0.2, 0) is 12.0 Å². The fourth-order valence-corrected chi connectivity index (χ4v) is 3.19. The van der Waals surface area contributed by atoms with Crippen LogP contribution in [0.4, 0.5) is 0 Å². The molecule has 18 heavy (non-hydrogen) atoms. The van der Waals surface area contributed by atoms with Gasteiger partial charge in [0.1, 0.15) is 5.60 Å². The van der Waals surface area contributed by atoms with E-state index >= 15 is 0 Å². The number of thiophene rings is 1. The van der Waals surface area contributed by atoms with Crippen LogP contribution < -0.4 is 0 Å². The zero-order valence-corrected chi connectivity index (χ0v) is 12.4. The highest BCUT2D eigenvalue weighted by atomic mass is 35.5. The summed E-state index contributed by atoms with van der Waals surface area (Å²) >= 11 is 7.85. The van der Waals surface area contributed by atoms with Crippen LogP contribution in [0.15, 0.2) is 30.3 Å². The molecule has 1 atom stereocenters. The first kappa shape index (κ1) is 13.6. The predicted octanol–water partition coefficient (Wildman–Crippen LogP) is 4.47. The van der Waals surface area contributed by atoms with Crippen molar-refractivity contribution in [2.75, 3.05) is 0 Å². The van der Waals surface area contributed by atoms with Crippen molar-refractivity contribution in [2.24, 2.45) is 0 Å². The molecule has 0 spiro atoms. The van der Waals surface area contributed by atoms with Crippen LogP contribution in [0.2, 0.25) is 5.02 Å². The highest BCUT2D eigenvalue weighted by molar-refractivity contribution is 7.12. The van der Waals surface area contributed by atoms with E-state index in [0.29, 0.717) is 6.42 Å². The minimum absolute atomic E-state index is 0.534. The van der Waals surface area contributed by atoms with E-state index in [-0.39, 0.29) is 0 Å². The fourth-order valence-electron chi connectivity index (χ4n) is 1.98. The Morgan fingerprint density at radius 1 is 1.22 bits per heavy atom. The van der Waals surface area contributed by atoms with Gasteiger partial charge >= 0.3 is 0 Å². The summed E-state index contributed by atoms with van der Waals surface area (Å²) in [5.41, 5.74) is 1.26. The van der Waals surface area contributed by atoms with E-state index in [1.165, 1.54) is 4.88 Å². The zero-order chi connectivity index (χ0) is 13.3. The molecule has 1 aromatic heterocycles. The maximum absolute atomic E-state index is 10.6. The van der Waals surface area contributed by atoms with Gasteiger partial charge in [0.05, 0.1) is 0 Å². The summed E-state index contributed by atoms with van der Waals surface area (Å²) in [7, 11) is 0. The summed E-state index contributed by atoms with van der Waals surface area (Å²) in [6.07, 6.45) is 0.534. The number of rotatable bonds is 3. The lowest BCUT2D eigenvalue weighted by molar-refractivity contribution is 0.0615. The molecule has 0 amide bonds. The Kier molecular flexibility index (Phi) is 3.81. The zero-order valence-electron chi connectivity index (χ0n) is 10.8. The molecule has 3 heteroatoms. The van der Waals surface area contributed by atoms with Crippen molar-refractivity contribution in [1.29, 1.82) is 0 Å². The van der Waals surface area contributed by atoms with Gasteiger partial charge in [-0.05, 0) is 50.1 Å².